The molecule has 0 amide bonds. The highest BCUT2D eigenvalue weighted by Gasteiger charge is 2.30. The van der Waals surface area contributed by atoms with Crippen molar-refractivity contribution in [3.8, 4) is 44.5 Å². The van der Waals surface area contributed by atoms with Gasteiger partial charge in [0, 0.05) is 0 Å². The van der Waals surface area contributed by atoms with Crippen molar-refractivity contribution in [3.05, 3.63) is 119 Å². The molecule has 0 saturated heterocycles. The summed E-state index contributed by atoms with van der Waals surface area (Å²) in [5.74, 6) is 0. The van der Waals surface area contributed by atoms with Crippen LogP contribution in [0.1, 0.15) is 62.8 Å². The Hall–Kier alpha value is -4.16. The fourth-order valence-electron chi connectivity index (χ4n) is 7.45. The van der Waals surface area contributed by atoms with E-state index in [0.717, 1.165) is 38.5 Å². The van der Waals surface area contributed by atoms with Gasteiger partial charge in [-0.25, -0.2) is 0 Å². The van der Waals surface area contributed by atoms with Crippen molar-refractivity contribution < 1.29 is 0 Å². The van der Waals surface area contributed by atoms with Crippen LogP contribution in [0.5, 0.6) is 0 Å². The molecule has 0 heteroatoms. The summed E-state index contributed by atoms with van der Waals surface area (Å²) in [7, 11) is 0. The van der Waals surface area contributed by atoms with Crippen molar-refractivity contribution in [2.24, 2.45) is 0 Å². The van der Waals surface area contributed by atoms with E-state index in [0.29, 0.717) is 0 Å². The van der Waals surface area contributed by atoms with Crippen LogP contribution in [0.25, 0.3) is 66.1 Å². The van der Waals surface area contributed by atoms with E-state index in [1.807, 2.05) is 0 Å². The summed E-state index contributed by atoms with van der Waals surface area (Å²) in [6, 6.07) is 37.3. The van der Waals surface area contributed by atoms with E-state index in [4.69, 9.17) is 0 Å². The summed E-state index contributed by atoms with van der Waals surface area (Å²) in [4.78, 5) is 0. The number of rotatable bonds is 8. The van der Waals surface area contributed by atoms with Crippen molar-refractivity contribution >= 4 is 21.5 Å². The van der Waals surface area contributed by atoms with Crippen LogP contribution in [0, 0.1) is 0 Å². The molecule has 0 N–H and O–H groups in total. The zero-order valence-corrected chi connectivity index (χ0v) is 25.5. The number of aryl methyl sites for hydroxylation is 4. The summed E-state index contributed by atoms with van der Waals surface area (Å²) in [5.41, 5.74) is 17.0. The highest BCUT2D eigenvalue weighted by molar-refractivity contribution is 6.23. The molecule has 0 aromatic heterocycles. The smallest absolute Gasteiger partial charge is 0.00262 e. The minimum atomic E-state index is 1.06. The zero-order valence-electron chi connectivity index (χ0n) is 25.5. The lowest BCUT2D eigenvalue weighted by Gasteiger charge is -2.24. The van der Waals surface area contributed by atoms with Crippen LogP contribution in [0.15, 0.2) is 97.1 Å². The molecule has 7 rings (SSSR count). The molecule has 0 aliphatic heterocycles. The third kappa shape index (κ3) is 4.11. The van der Waals surface area contributed by atoms with Gasteiger partial charge in [0.1, 0.15) is 0 Å². The quantitative estimate of drug-likeness (QED) is 0.178. The standard InChI is InChI=1S/C42H40/c1-5-11-34-39-32(29-21-17-27(7-3)18-22-29)25-26-33(30-23-19-28(8-4)20-24-30)40(39)35(12-6-2)42-37-16-10-14-31-13-9-15-36(38(31)37)41(34)42/h9-10,13-26H,5-8,11-12H2,1-4H3. The lowest BCUT2D eigenvalue weighted by atomic mass is 9.79. The molecule has 0 spiro atoms. The van der Waals surface area contributed by atoms with Crippen LogP contribution < -0.4 is 0 Å². The van der Waals surface area contributed by atoms with E-state index < -0.39 is 0 Å². The molecule has 6 aromatic rings. The van der Waals surface area contributed by atoms with E-state index in [1.54, 1.807) is 0 Å². The second-order valence-corrected chi connectivity index (χ2v) is 11.9. The van der Waals surface area contributed by atoms with E-state index in [-0.39, 0.29) is 0 Å². The predicted octanol–water partition coefficient (Wildman–Crippen LogP) is 12.0. The molecule has 1 aliphatic carbocycles. The van der Waals surface area contributed by atoms with Gasteiger partial charge in [-0.15, -0.1) is 0 Å². The Morgan fingerprint density at radius 2 is 0.833 bits per heavy atom. The molecule has 0 atom stereocenters. The molecule has 6 aromatic carbocycles. The Kier molecular flexibility index (Phi) is 6.95. The third-order valence-corrected chi connectivity index (χ3v) is 9.45. The summed E-state index contributed by atoms with van der Waals surface area (Å²) < 4.78 is 0. The average Bonchev–Trinajstić information content (AvgIpc) is 3.38. The first-order chi connectivity index (χ1) is 20.7. The molecular weight excluding hydrogens is 504 g/mol. The van der Waals surface area contributed by atoms with Crippen LogP contribution in [-0.2, 0) is 25.7 Å². The van der Waals surface area contributed by atoms with E-state index >= 15 is 0 Å². The Bertz CT molecular complexity index is 1800. The van der Waals surface area contributed by atoms with Crippen LogP contribution in [0.4, 0.5) is 0 Å². The SMILES string of the molecule is CCCc1c2c(c(CCC)c3c(-c4ccc(CC)cc4)ccc(-c4ccc(CC)cc4)c13)-c1cccc3cccc-2c13. The lowest BCUT2D eigenvalue weighted by Crippen LogP contribution is -2.02. The Labute approximate surface area is 251 Å². The predicted molar refractivity (Wildman–Crippen MR) is 184 cm³/mol. The van der Waals surface area contributed by atoms with E-state index in [2.05, 4.69) is 125 Å². The number of hydrogen-bond acceptors (Lipinski definition) is 0. The molecule has 0 unspecified atom stereocenters. The summed E-state index contributed by atoms with van der Waals surface area (Å²) >= 11 is 0. The number of fused-ring (bicyclic) bond motifs is 4. The highest BCUT2D eigenvalue weighted by atomic mass is 14.3. The molecule has 0 saturated carbocycles. The topological polar surface area (TPSA) is 0 Å². The average molecular weight is 545 g/mol. The fraction of sp³-hybridized carbons (Fsp3) is 0.238. The maximum atomic E-state index is 2.41. The van der Waals surface area contributed by atoms with Crippen LogP contribution in [-0.4, -0.2) is 0 Å². The summed E-state index contributed by atoms with van der Waals surface area (Å²) in [6.45, 7) is 9.15. The minimum Gasteiger partial charge on any atom is -0.0651 e. The van der Waals surface area contributed by atoms with Gasteiger partial charge in [0.05, 0.1) is 0 Å². The first-order valence-corrected chi connectivity index (χ1v) is 16.0. The summed E-state index contributed by atoms with van der Waals surface area (Å²) in [6.07, 6.45) is 6.48. The van der Waals surface area contributed by atoms with Crippen molar-refractivity contribution in [1.82, 2.24) is 0 Å². The van der Waals surface area contributed by atoms with Gasteiger partial charge in [0.15, 0.2) is 0 Å². The van der Waals surface area contributed by atoms with Gasteiger partial charge in [0.2, 0.25) is 0 Å². The number of hydrogen-bond donors (Lipinski definition) is 0. The van der Waals surface area contributed by atoms with Crippen molar-refractivity contribution in [3.63, 3.8) is 0 Å². The maximum Gasteiger partial charge on any atom is -0.00262 e. The van der Waals surface area contributed by atoms with Crippen LogP contribution in [0.2, 0.25) is 0 Å². The van der Waals surface area contributed by atoms with Crippen LogP contribution in [0.3, 0.4) is 0 Å². The Morgan fingerprint density at radius 3 is 1.21 bits per heavy atom. The maximum absolute atomic E-state index is 2.41. The minimum absolute atomic E-state index is 1.06. The van der Waals surface area contributed by atoms with Gasteiger partial charge in [-0.3, -0.25) is 0 Å². The zero-order chi connectivity index (χ0) is 28.8. The van der Waals surface area contributed by atoms with Gasteiger partial charge >= 0.3 is 0 Å². The summed E-state index contributed by atoms with van der Waals surface area (Å²) in [5, 5.41) is 5.71. The van der Waals surface area contributed by atoms with Crippen molar-refractivity contribution in [1.29, 1.82) is 0 Å². The highest BCUT2D eigenvalue weighted by Crippen LogP contribution is 2.55. The first-order valence-electron chi connectivity index (χ1n) is 16.0. The molecule has 1 aliphatic rings. The molecule has 0 fully saturated rings. The number of benzene rings is 6. The van der Waals surface area contributed by atoms with E-state index in [9.17, 15) is 0 Å². The lowest BCUT2D eigenvalue weighted by molar-refractivity contribution is 0.920. The normalized spacial score (nSPS) is 11.9. The van der Waals surface area contributed by atoms with Gasteiger partial charge in [-0.1, -0.05) is 138 Å². The molecular formula is C42H40. The second kappa shape index (κ2) is 10.9. The Balaban J connectivity index is 1.68. The molecule has 208 valence electrons. The largest absolute Gasteiger partial charge is 0.0651 e. The van der Waals surface area contributed by atoms with Gasteiger partial charge < -0.3 is 0 Å². The molecule has 42 heavy (non-hydrogen) atoms. The fourth-order valence-corrected chi connectivity index (χ4v) is 7.45. The van der Waals surface area contributed by atoms with E-state index in [1.165, 1.54) is 88.3 Å². The van der Waals surface area contributed by atoms with Crippen molar-refractivity contribution in [2.45, 2.75) is 66.2 Å². The van der Waals surface area contributed by atoms with Gasteiger partial charge in [-0.05, 0) is 114 Å². The first kappa shape index (κ1) is 26.7. The second-order valence-electron chi connectivity index (χ2n) is 11.9. The Morgan fingerprint density at radius 1 is 0.405 bits per heavy atom. The molecule has 0 heterocycles. The molecule has 0 radical (unpaired) electrons. The monoisotopic (exact) mass is 544 g/mol. The molecule has 0 bridgehead atoms. The molecule has 0 nitrogen and oxygen atoms in total. The van der Waals surface area contributed by atoms with Gasteiger partial charge in [0.25, 0.3) is 0 Å². The third-order valence-electron chi connectivity index (χ3n) is 9.45. The van der Waals surface area contributed by atoms with Crippen molar-refractivity contribution in [2.75, 3.05) is 0 Å². The van der Waals surface area contributed by atoms with Gasteiger partial charge in [-0.2, -0.15) is 0 Å². The van der Waals surface area contributed by atoms with Crippen LogP contribution >= 0.6 is 0 Å².